The van der Waals surface area contributed by atoms with Gasteiger partial charge in [-0.2, -0.15) is 0 Å². The van der Waals surface area contributed by atoms with E-state index in [-0.39, 0.29) is 6.04 Å². The molecular weight excluding hydrogens is 240 g/mol. The summed E-state index contributed by atoms with van der Waals surface area (Å²) < 4.78 is 0. The van der Waals surface area contributed by atoms with Gasteiger partial charge < -0.3 is 0 Å². The summed E-state index contributed by atoms with van der Waals surface area (Å²) in [5.41, 5.74) is 1.28. The average molecular weight is 272 g/mol. The van der Waals surface area contributed by atoms with Crippen molar-refractivity contribution in [2.45, 2.75) is 54.0 Å². The second kappa shape index (κ2) is 13.6. The molecule has 114 valence electrons. The molecule has 1 aliphatic rings. The Labute approximate surface area is 119 Å². The molecule has 1 rings (SSSR count). The molecule has 19 heavy (non-hydrogen) atoms. The Hall–Kier alpha value is -0.870. The van der Waals surface area contributed by atoms with E-state index in [1.807, 2.05) is 41.7 Å². The number of likely N-dealkylation sites (N-methyl/N-ethyl adjacent to an activating group) is 1. The van der Waals surface area contributed by atoms with Crippen molar-refractivity contribution in [3.63, 3.8) is 0 Å². The summed E-state index contributed by atoms with van der Waals surface area (Å²) in [5.74, 6) is 0. The maximum absolute atomic E-state index is 10.9. The Bertz CT molecular complexity index is 242. The molecule has 0 spiro atoms. The Morgan fingerprint density at radius 1 is 1.42 bits per heavy atom. The fourth-order valence-electron chi connectivity index (χ4n) is 1.80. The van der Waals surface area contributed by atoms with E-state index in [1.54, 1.807) is 0 Å². The maximum Gasteiger partial charge on any atom is 0.233 e. The Kier molecular flexibility index (Phi) is 14.6. The smallest absolute Gasteiger partial charge is 0.233 e. The normalized spacial score (nSPS) is 18.3. The van der Waals surface area contributed by atoms with E-state index in [1.165, 1.54) is 10.6 Å². The summed E-state index contributed by atoms with van der Waals surface area (Å²) in [5, 5.41) is 1.42. The molecule has 0 aromatic heterocycles. The lowest BCUT2D eigenvalue weighted by Gasteiger charge is -2.33. The molecule has 1 atom stereocenters. The molecule has 1 heterocycles. The number of nitrogens with zero attached hydrogens (tertiary/aromatic N) is 2. The van der Waals surface area contributed by atoms with Crippen LogP contribution in [-0.2, 0) is 9.63 Å². The fraction of sp³-hybridized carbons (Fsp3) is 0.800. The number of amides is 1. The molecule has 0 saturated carbocycles. The monoisotopic (exact) mass is 272 g/mol. The molecule has 4 nitrogen and oxygen atoms in total. The van der Waals surface area contributed by atoms with Crippen LogP contribution in [0.3, 0.4) is 0 Å². The molecule has 0 fully saturated rings. The zero-order valence-electron chi connectivity index (χ0n) is 13.8. The van der Waals surface area contributed by atoms with Crippen LogP contribution in [0.4, 0.5) is 0 Å². The van der Waals surface area contributed by atoms with Crippen LogP contribution in [-0.4, -0.2) is 49.2 Å². The van der Waals surface area contributed by atoms with Gasteiger partial charge in [0, 0.05) is 13.1 Å². The highest BCUT2D eigenvalue weighted by Gasteiger charge is 2.21. The van der Waals surface area contributed by atoms with Crippen LogP contribution in [0.15, 0.2) is 11.6 Å². The zero-order chi connectivity index (χ0) is 15.3. The minimum absolute atomic E-state index is 0.0489. The molecule has 0 radical (unpaired) electrons. The molecule has 0 bridgehead atoms. The van der Waals surface area contributed by atoms with Crippen molar-refractivity contribution in [1.82, 2.24) is 9.96 Å². The maximum atomic E-state index is 10.9. The van der Waals surface area contributed by atoms with Crippen molar-refractivity contribution in [2.75, 3.05) is 26.7 Å². The highest BCUT2D eigenvalue weighted by atomic mass is 16.7. The third kappa shape index (κ3) is 8.78. The van der Waals surface area contributed by atoms with Gasteiger partial charge in [0.15, 0.2) is 0 Å². The van der Waals surface area contributed by atoms with Crippen LogP contribution in [0.5, 0.6) is 0 Å². The lowest BCUT2D eigenvalue weighted by molar-refractivity contribution is -0.183. The van der Waals surface area contributed by atoms with E-state index in [2.05, 4.69) is 17.9 Å². The van der Waals surface area contributed by atoms with Crippen molar-refractivity contribution < 1.29 is 9.63 Å². The molecule has 1 amide bonds. The van der Waals surface area contributed by atoms with Gasteiger partial charge in [-0.05, 0) is 20.4 Å². The molecule has 0 aromatic rings. The Balaban J connectivity index is 0. The topological polar surface area (TPSA) is 32.8 Å². The van der Waals surface area contributed by atoms with Gasteiger partial charge in [-0.15, -0.1) is 0 Å². The highest BCUT2D eigenvalue weighted by molar-refractivity contribution is 5.46. The van der Waals surface area contributed by atoms with Gasteiger partial charge in [-0.1, -0.05) is 46.3 Å². The van der Waals surface area contributed by atoms with Gasteiger partial charge in [-0.25, -0.2) is 5.06 Å². The SMILES string of the molecule is CC.CC.CCCON(C=O)C1C=C(C)CN(C)C1. The number of hydrogen-bond donors (Lipinski definition) is 0. The van der Waals surface area contributed by atoms with Crippen LogP contribution in [0, 0.1) is 0 Å². The second-order valence-corrected chi connectivity index (χ2v) is 4.08. The first-order chi connectivity index (χ1) is 9.17. The van der Waals surface area contributed by atoms with E-state index in [9.17, 15) is 4.79 Å². The van der Waals surface area contributed by atoms with Crippen molar-refractivity contribution >= 4 is 6.41 Å². The van der Waals surface area contributed by atoms with Crippen LogP contribution in [0.1, 0.15) is 48.0 Å². The largest absolute Gasteiger partial charge is 0.300 e. The van der Waals surface area contributed by atoms with Gasteiger partial charge >= 0.3 is 0 Å². The first-order valence-corrected chi connectivity index (χ1v) is 7.39. The van der Waals surface area contributed by atoms with Crippen molar-refractivity contribution in [3.8, 4) is 0 Å². The van der Waals surface area contributed by atoms with Crippen molar-refractivity contribution in [3.05, 3.63) is 11.6 Å². The Morgan fingerprint density at radius 3 is 2.42 bits per heavy atom. The quantitative estimate of drug-likeness (QED) is 0.438. The van der Waals surface area contributed by atoms with Gasteiger partial charge in [0.25, 0.3) is 0 Å². The molecule has 4 heteroatoms. The summed E-state index contributed by atoms with van der Waals surface area (Å²) in [6, 6.07) is 0.0489. The number of hydroxylamine groups is 2. The van der Waals surface area contributed by atoms with Crippen molar-refractivity contribution in [1.29, 1.82) is 0 Å². The van der Waals surface area contributed by atoms with Crippen molar-refractivity contribution in [2.24, 2.45) is 0 Å². The van der Waals surface area contributed by atoms with Crippen LogP contribution < -0.4 is 0 Å². The third-order valence-corrected chi connectivity index (χ3v) is 2.37. The lowest BCUT2D eigenvalue weighted by Crippen LogP contribution is -2.44. The van der Waals surface area contributed by atoms with Crippen LogP contribution >= 0.6 is 0 Å². The van der Waals surface area contributed by atoms with E-state index >= 15 is 0 Å². The predicted molar refractivity (Wildman–Crippen MR) is 81.9 cm³/mol. The summed E-state index contributed by atoms with van der Waals surface area (Å²) in [6.45, 7) is 14.5. The first-order valence-electron chi connectivity index (χ1n) is 7.39. The third-order valence-electron chi connectivity index (χ3n) is 2.37. The van der Waals surface area contributed by atoms with Crippen LogP contribution in [0.25, 0.3) is 0 Å². The van der Waals surface area contributed by atoms with Gasteiger partial charge in [-0.3, -0.25) is 14.5 Å². The molecule has 0 N–H and O–H groups in total. The standard InChI is InChI=1S/C11H20N2O2.2C2H6/c1-4-5-15-13(9-14)11-6-10(2)7-12(3)8-11;2*1-2/h6,9,11H,4-5,7-8H2,1-3H3;2*1-2H3. The molecule has 0 saturated heterocycles. The number of hydrogen-bond acceptors (Lipinski definition) is 3. The zero-order valence-corrected chi connectivity index (χ0v) is 13.8. The molecule has 1 unspecified atom stereocenters. The average Bonchev–Trinajstić information content (AvgIpc) is 2.43. The summed E-state index contributed by atoms with van der Waals surface area (Å²) in [7, 11) is 2.05. The first kappa shape index (κ1) is 20.4. The van der Waals surface area contributed by atoms with E-state index in [0.717, 1.165) is 25.9 Å². The summed E-state index contributed by atoms with van der Waals surface area (Å²) in [4.78, 5) is 18.4. The fourth-order valence-corrected chi connectivity index (χ4v) is 1.80. The Morgan fingerprint density at radius 2 is 2.00 bits per heavy atom. The van der Waals surface area contributed by atoms with E-state index in [4.69, 9.17) is 4.84 Å². The minimum Gasteiger partial charge on any atom is -0.300 e. The van der Waals surface area contributed by atoms with Gasteiger partial charge in [0.1, 0.15) is 0 Å². The number of carbonyl (C=O) groups excluding carboxylic acids is 1. The van der Waals surface area contributed by atoms with E-state index in [0.29, 0.717) is 6.61 Å². The van der Waals surface area contributed by atoms with E-state index < -0.39 is 0 Å². The molecule has 1 aliphatic heterocycles. The van der Waals surface area contributed by atoms with Crippen LogP contribution in [0.2, 0.25) is 0 Å². The molecule has 0 aliphatic carbocycles. The molecular formula is C15H32N2O2. The predicted octanol–water partition coefficient (Wildman–Crippen LogP) is 3.10. The minimum atomic E-state index is 0.0489. The second-order valence-electron chi connectivity index (χ2n) is 4.08. The lowest BCUT2D eigenvalue weighted by atomic mass is 10.1. The van der Waals surface area contributed by atoms with Gasteiger partial charge in [0.2, 0.25) is 6.41 Å². The highest BCUT2D eigenvalue weighted by Crippen LogP contribution is 2.12. The molecule has 0 aromatic carbocycles. The number of carbonyl (C=O) groups is 1. The summed E-state index contributed by atoms with van der Waals surface area (Å²) in [6.07, 6.45) is 3.78. The number of rotatable bonds is 5. The summed E-state index contributed by atoms with van der Waals surface area (Å²) >= 11 is 0. The van der Waals surface area contributed by atoms with Gasteiger partial charge in [0.05, 0.1) is 12.6 Å².